The number of carbonyl (C=O) groups is 1. The number of hydrogen-bond acceptors (Lipinski definition) is 5. The number of carbonyl (C=O) groups excluding carboxylic acids is 1. The average Bonchev–Trinajstić information content (AvgIpc) is 2.97. The summed E-state index contributed by atoms with van der Waals surface area (Å²) in [5.41, 5.74) is 0.746. The Bertz CT molecular complexity index is 591. The van der Waals surface area contributed by atoms with Gasteiger partial charge in [0.05, 0.1) is 11.7 Å². The van der Waals surface area contributed by atoms with Gasteiger partial charge in [-0.25, -0.2) is 0 Å². The molecule has 2 aromatic heterocycles. The van der Waals surface area contributed by atoms with Crippen molar-refractivity contribution in [3.8, 4) is 0 Å². The summed E-state index contributed by atoms with van der Waals surface area (Å²) in [4.78, 5) is 16.7. The second-order valence-corrected chi connectivity index (χ2v) is 6.30. The lowest BCUT2D eigenvalue weighted by atomic mass is 10.2. The van der Waals surface area contributed by atoms with Gasteiger partial charge in [0.2, 0.25) is 11.8 Å². The number of nitrogens with one attached hydrogen (secondary N) is 1. The third-order valence-electron chi connectivity index (χ3n) is 3.12. The molecule has 2 rings (SSSR count). The molecule has 0 fully saturated rings. The minimum absolute atomic E-state index is 0.100. The first-order valence-corrected chi connectivity index (χ1v) is 7.27. The Hall–Kier alpha value is -1.66. The molecule has 1 unspecified atom stereocenters. The highest BCUT2D eigenvalue weighted by Gasteiger charge is 2.19. The Morgan fingerprint density at radius 1 is 1.50 bits per heavy atom. The van der Waals surface area contributed by atoms with Crippen LogP contribution in [0.5, 0.6) is 0 Å². The Labute approximate surface area is 122 Å². The first-order chi connectivity index (χ1) is 9.45. The van der Waals surface area contributed by atoms with Crippen molar-refractivity contribution in [2.24, 2.45) is 0 Å². The Balaban J connectivity index is 1.92. The predicted octanol–water partition coefficient (Wildman–Crippen LogP) is 2.81. The topological polar surface area (TPSA) is 58.4 Å². The molecular weight excluding hydrogens is 274 g/mol. The molecule has 20 heavy (non-hydrogen) atoms. The van der Waals surface area contributed by atoms with E-state index in [4.69, 9.17) is 4.52 Å². The van der Waals surface area contributed by atoms with Gasteiger partial charge in [0.15, 0.2) is 0 Å². The summed E-state index contributed by atoms with van der Waals surface area (Å²) in [5, 5.41) is 6.47. The summed E-state index contributed by atoms with van der Waals surface area (Å²) >= 11 is 1.75. The smallest absolute Gasteiger partial charge is 0.243 e. The van der Waals surface area contributed by atoms with Gasteiger partial charge in [-0.1, -0.05) is 5.16 Å². The van der Waals surface area contributed by atoms with Crippen LogP contribution in [0.2, 0.25) is 0 Å². The molecule has 0 saturated heterocycles. The van der Waals surface area contributed by atoms with Crippen LogP contribution < -0.4 is 5.32 Å². The number of hydrogen-bond donors (Lipinski definition) is 1. The van der Waals surface area contributed by atoms with Crippen LogP contribution in [0.1, 0.15) is 22.4 Å². The van der Waals surface area contributed by atoms with Gasteiger partial charge in [-0.05, 0) is 40.0 Å². The van der Waals surface area contributed by atoms with Gasteiger partial charge in [-0.3, -0.25) is 15.0 Å². The normalized spacial score (nSPS) is 12.7. The number of anilines is 1. The predicted molar refractivity (Wildman–Crippen MR) is 79.9 cm³/mol. The van der Waals surface area contributed by atoms with Crippen molar-refractivity contribution >= 4 is 23.1 Å². The third-order valence-corrected chi connectivity index (χ3v) is 4.10. The summed E-state index contributed by atoms with van der Waals surface area (Å²) in [6.07, 6.45) is 0. The molecule has 0 aliphatic heterocycles. The number of likely N-dealkylation sites (N-methyl/N-ethyl adjacent to an activating group) is 1. The summed E-state index contributed by atoms with van der Waals surface area (Å²) < 4.78 is 4.99. The third kappa shape index (κ3) is 3.68. The van der Waals surface area contributed by atoms with Crippen LogP contribution in [0.15, 0.2) is 22.7 Å². The molecule has 0 bridgehead atoms. The fourth-order valence-corrected chi connectivity index (χ4v) is 2.76. The van der Waals surface area contributed by atoms with Gasteiger partial charge in [-0.2, -0.15) is 0 Å². The van der Waals surface area contributed by atoms with Crippen LogP contribution in [0.3, 0.4) is 0 Å². The van der Waals surface area contributed by atoms with Gasteiger partial charge in [0.1, 0.15) is 0 Å². The van der Waals surface area contributed by atoms with Crippen LogP contribution in [-0.2, 0) is 11.3 Å². The molecule has 1 amide bonds. The number of rotatable bonds is 5. The van der Waals surface area contributed by atoms with E-state index >= 15 is 0 Å². The number of aryl methyl sites for hydroxylation is 2. The number of thiophene rings is 1. The van der Waals surface area contributed by atoms with Crippen LogP contribution in [0.25, 0.3) is 0 Å². The first kappa shape index (κ1) is 14.7. The number of nitrogens with zero attached hydrogens (tertiary/aromatic N) is 2. The fraction of sp³-hybridized carbons (Fsp3) is 0.429. The zero-order valence-corrected chi connectivity index (χ0v) is 13.0. The first-order valence-electron chi connectivity index (χ1n) is 6.45. The molecule has 0 radical (unpaired) electrons. The molecule has 0 spiro atoms. The Morgan fingerprint density at radius 2 is 2.25 bits per heavy atom. The average molecular weight is 293 g/mol. The highest BCUT2D eigenvalue weighted by molar-refractivity contribution is 7.11. The van der Waals surface area contributed by atoms with E-state index in [0.717, 1.165) is 12.2 Å². The van der Waals surface area contributed by atoms with Crippen LogP contribution >= 0.6 is 11.3 Å². The van der Waals surface area contributed by atoms with Gasteiger partial charge >= 0.3 is 0 Å². The van der Waals surface area contributed by atoms with E-state index in [1.807, 2.05) is 25.8 Å². The van der Waals surface area contributed by atoms with Crippen molar-refractivity contribution in [1.29, 1.82) is 0 Å². The molecule has 6 heteroatoms. The van der Waals surface area contributed by atoms with E-state index in [9.17, 15) is 4.79 Å². The SMILES string of the molecule is Cc1cc(NC(=O)C(C)N(C)Cc2ccc(C)s2)on1. The lowest BCUT2D eigenvalue weighted by molar-refractivity contribution is -0.120. The van der Waals surface area contributed by atoms with Crippen molar-refractivity contribution < 1.29 is 9.32 Å². The Morgan fingerprint density at radius 3 is 2.80 bits per heavy atom. The van der Waals surface area contributed by atoms with Crippen LogP contribution in [0.4, 0.5) is 5.88 Å². The van der Waals surface area contributed by atoms with Crippen molar-refractivity contribution in [2.75, 3.05) is 12.4 Å². The van der Waals surface area contributed by atoms with E-state index in [0.29, 0.717) is 5.88 Å². The minimum Gasteiger partial charge on any atom is -0.338 e. The highest BCUT2D eigenvalue weighted by Crippen LogP contribution is 2.18. The van der Waals surface area contributed by atoms with E-state index in [-0.39, 0.29) is 11.9 Å². The molecule has 0 saturated carbocycles. The molecular formula is C14H19N3O2S. The summed E-state index contributed by atoms with van der Waals surface area (Å²) in [6.45, 7) is 6.52. The molecule has 0 aliphatic carbocycles. The minimum atomic E-state index is -0.247. The highest BCUT2D eigenvalue weighted by atomic mass is 32.1. The summed E-state index contributed by atoms with van der Waals surface area (Å²) in [7, 11) is 1.94. The lowest BCUT2D eigenvalue weighted by Crippen LogP contribution is -2.38. The maximum absolute atomic E-state index is 12.1. The monoisotopic (exact) mass is 293 g/mol. The quantitative estimate of drug-likeness (QED) is 0.921. The molecule has 108 valence electrons. The largest absolute Gasteiger partial charge is 0.338 e. The van der Waals surface area contributed by atoms with Gasteiger partial charge in [-0.15, -0.1) is 11.3 Å². The Kier molecular flexibility index (Phi) is 4.57. The van der Waals surface area contributed by atoms with Gasteiger partial charge in [0.25, 0.3) is 0 Å². The maximum Gasteiger partial charge on any atom is 0.243 e. The van der Waals surface area contributed by atoms with Crippen molar-refractivity contribution in [2.45, 2.75) is 33.4 Å². The van der Waals surface area contributed by atoms with E-state index in [1.54, 1.807) is 17.4 Å². The van der Waals surface area contributed by atoms with Crippen LogP contribution in [0, 0.1) is 13.8 Å². The van der Waals surface area contributed by atoms with E-state index < -0.39 is 0 Å². The molecule has 0 aliphatic rings. The van der Waals surface area contributed by atoms with E-state index in [1.165, 1.54) is 9.75 Å². The summed E-state index contributed by atoms with van der Waals surface area (Å²) in [6, 6.07) is 5.65. The van der Waals surface area contributed by atoms with Crippen molar-refractivity contribution in [3.63, 3.8) is 0 Å². The van der Waals surface area contributed by atoms with E-state index in [2.05, 4.69) is 29.5 Å². The lowest BCUT2D eigenvalue weighted by Gasteiger charge is -2.22. The molecule has 5 nitrogen and oxygen atoms in total. The second-order valence-electron chi connectivity index (χ2n) is 4.93. The second kappa shape index (κ2) is 6.19. The zero-order valence-electron chi connectivity index (χ0n) is 12.1. The maximum atomic E-state index is 12.1. The molecule has 1 atom stereocenters. The van der Waals surface area contributed by atoms with Crippen molar-refractivity contribution in [1.82, 2.24) is 10.1 Å². The number of aromatic nitrogens is 1. The standard InChI is InChI=1S/C14H19N3O2S/c1-9-7-13(19-16-9)15-14(18)11(3)17(4)8-12-6-5-10(2)20-12/h5-7,11H,8H2,1-4H3,(H,15,18). The van der Waals surface area contributed by atoms with Crippen LogP contribution in [-0.4, -0.2) is 29.1 Å². The molecule has 1 N–H and O–H groups in total. The van der Waals surface area contributed by atoms with Gasteiger partial charge < -0.3 is 4.52 Å². The van der Waals surface area contributed by atoms with Gasteiger partial charge in [0, 0.05) is 22.4 Å². The van der Waals surface area contributed by atoms with Crippen molar-refractivity contribution in [3.05, 3.63) is 33.6 Å². The molecule has 2 aromatic rings. The number of amides is 1. The molecule has 0 aromatic carbocycles. The summed E-state index contributed by atoms with van der Waals surface area (Å²) in [5.74, 6) is 0.289. The zero-order chi connectivity index (χ0) is 14.7. The molecule has 2 heterocycles. The fourth-order valence-electron chi connectivity index (χ4n) is 1.80.